The first-order valence-corrected chi connectivity index (χ1v) is 8.70. The van der Waals surface area contributed by atoms with Crippen LogP contribution in [0.15, 0.2) is 54.6 Å². The van der Waals surface area contributed by atoms with Gasteiger partial charge in [0.05, 0.1) is 0 Å². The summed E-state index contributed by atoms with van der Waals surface area (Å²) in [4.78, 5) is 23.1. The molecule has 0 N–H and O–H groups in total. The van der Waals surface area contributed by atoms with Gasteiger partial charge < -0.3 is 9.47 Å². The fourth-order valence-corrected chi connectivity index (χ4v) is 3.67. The van der Waals surface area contributed by atoms with E-state index in [1.165, 1.54) is 19.2 Å². The van der Waals surface area contributed by atoms with Crippen LogP contribution in [0.1, 0.15) is 19.4 Å². The van der Waals surface area contributed by atoms with E-state index >= 15 is 0 Å². The Balaban J connectivity index is 2.12. The predicted octanol–water partition coefficient (Wildman–Crippen LogP) is 5.31. The van der Waals surface area contributed by atoms with Crippen LogP contribution in [0.25, 0.3) is 32.3 Å². The molecule has 4 nitrogen and oxygen atoms in total. The molecule has 4 aromatic carbocycles. The highest BCUT2D eigenvalue weighted by Crippen LogP contribution is 2.41. The molecule has 0 amide bonds. The molecule has 134 valence electrons. The molecule has 0 aliphatic heterocycles. The van der Waals surface area contributed by atoms with Gasteiger partial charge in [0.15, 0.2) is 11.5 Å². The molecule has 0 saturated carbocycles. The highest BCUT2D eigenvalue weighted by Gasteiger charge is 2.17. The van der Waals surface area contributed by atoms with E-state index in [1.54, 1.807) is 6.07 Å². The molecule has 4 aromatic rings. The zero-order valence-corrected chi connectivity index (χ0v) is 15.3. The van der Waals surface area contributed by atoms with Gasteiger partial charge in [0, 0.05) is 19.2 Å². The van der Waals surface area contributed by atoms with Gasteiger partial charge in [0.25, 0.3) is 0 Å². The maximum absolute atomic E-state index is 11.6. The summed E-state index contributed by atoms with van der Waals surface area (Å²) in [5, 5.41) is 6.25. The molecule has 0 fully saturated rings. The molecular formula is C23H18O4. The number of carbonyl (C=O) groups excluding carboxylic acids is 2. The quantitative estimate of drug-likeness (QED) is 0.277. The topological polar surface area (TPSA) is 52.6 Å². The largest absolute Gasteiger partial charge is 0.423 e. The third-order valence-electron chi connectivity index (χ3n) is 4.63. The van der Waals surface area contributed by atoms with Crippen molar-refractivity contribution in [2.45, 2.75) is 20.8 Å². The summed E-state index contributed by atoms with van der Waals surface area (Å²) in [7, 11) is 0. The zero-order valence-electron chi connectivity index (χ0n) is 15.3. The SMILES string of the molecule is CC(=O)Oc1ccc2c(ccc3c4ccccc4cc(C)c23)c1OC(C)=O. The minimum Gasteiger partial charge on any atom is -0.423 e. The molecule has 0 unspecified atom stereocenters. The van der Waals surface area contributed by atoms with Crippen LogP contribution in [0, 0.1) is 6.92 Å². The lowest BCUT2D eigenvalue weighted by Gasteiger charge is -2.15. The minimum atomic E-state index is -0.467. The Morgan fingerprint density at radius 1 is 0.741 bits per heavy atom. The summed E-state index contributed by atoms with van der Waals surface area (Å²) in [6.07, 6.45) is 0. The second-order valence-electron chi connectivity index (χ2n) is 6.58. The first-order chi connectivity index (χ1) is 13.0. The normalized spacial score (nSPS) is 11.1. The van der Waals surface area contributed by atoms with Gasteiger partial charge in [0.1, 0.15) is 0 Å². The van der Waals surface area contributed by atoms with Gasteiger partial charge in [-0.15, -0.1) is 0 Å². The molecule has 4 heteroatoms. The summed E-state index contributed by atoms with van der Waals surface area (Å²) in [6.45, 7) is 4.72. The lowest BCUT2D eigenvalue weighted by Crippen LogP contribution is -2.07. The van der Waals surface area contributed by atoms with Gasteiger partial charge >= 0.3 is 11.9 Å². The Hall–Kier alpha value is -3.40. The van der Waals surface area contributed by atoms with E-state index in [0.717, 1.165) is 32.5 Å². The molecule has 0 heterocycles. The number of ether oxygens (including phenoxy) is 2. The van der Waals surface area contributed by atoms with Crippen molar-refractivity contribution in [3.63, 3.8) is 0 Å². The van der Waals surface area contributed by atoms with Crippen LogP contribution in [0.5, 0.6) is 11.5 Å². The van der Waals surface area contributed by atoms with Crippen molar-refractivity contribution in [3.8, 4) is 11.5 Å². The van der Waals surface area contributed by atoms with Crippen molar-refractivity contribution < 1.29 is 19.1 Å². The summed E-state index contributed by atoms with van der Waals surface area (Å²) in [6, 6.07) is 17.9. The molecule has 0 atom stereocenters. The third kappa shape index (κ3) is 2.89. The number of esters is 2. The first-order valence-electron chi connectivity index (χ1n) is 8.70. The van der Waals surface area contributed by atoms with Gasteiger partial charge in [-0.1, -0.05) is 36.4 Å². The summed E-state index contributed by atoms with van der Waals surface area (Å²) < 4.78 is 10.7. The van der Waals surface area contributed by atoms with Crippen molar-refractivity contribution in [2.75, 3.05) is 0 Å². The molecular weight excluding hydrogens is 340 g/mol. The lowest BCUT2D eigenvalue weighted by molar-refractivity contribution is -0.134. The van der Waals surface area contributed by atoms with Crippen molar-refractivity contribution in [1.82, 2.24) is 0 Å². The van der Waals surface area contributed by atoms with Crippen molar-refractivity contribution in [1.29, 1.82) is 0 Å². The molecule has 0 aliphatic carbocycles. The van der Waals surface area contributed by atoms with Crippen LogP contribution < -0.4 is 9.47 Å². The number of carbonyl (C=O) groups is 2. The summed E-state index contributed by atoms with van der Waals surface area (Å²) in [5.41, 5.74) is 1.13. The van der Waals surface area contributed by atoms with E-state index in [1.807, 2.05) is 30.3 Å². The number of benzene rings is 4. The fraction of sp³-hybridized carbons (Fsp3) is 0.130. The Morgan fingerprint density at radius 3 is 2.11 bits per heavy atom. The second-order valence-corrected chi connectivity index (χ2v) is 6.58. The van der Waals surface area contributed by atoms with Crippen LogP contribution in [-0.4, -0.2) is 11.9 Å². The predicted molar refractivity (Wildman–Crippen MR) is 106 cm³/mol. The van der Waals surface area contributed by atoms with Gasteiger partial charge in [0.2, 0.25) is 0 Å². The van der Waals surface area contributed by atoms with Crippen LogP contribution in [0.4, 0.5) is 0 Å². The fourth-order valence-electron chi connectivity index (χ4n) is 3.67. The van der Waals surface area contributed by atoms with Crippen molar-refractivity contribution >= 4 is 44.3 Å². The zero-order chi connectivity index (χ0) is 19.1. The van der Waals surface area contributed by atoms with Crippen molar-refractivity contribution in [2.24, 2.45) is 0 Å². The molecule has 0 aliphatic rings. The standard InChI is InChI=1S/C23H18O4/c1-13-12-16-6-4-5-7-17(16)18-8-9-20-19(22(13)18)10-11-21(26-14(2)24)23(20)27-15(3)25/h4-12H,1-3H3. The molecule has 0 saturated heterocycles. The highest BCUT2D eigenvalue weighted by atomic mass is 16.6. The van der Waals surface area contributed by atoms with Gasteiger partial charge in [-0.3, -0.25) is 9.59 Å². The Morgan fingerprint density at radius 2 is 1.37 bits per heavy atom. The smallest absolute Gasteiger partial charge is 0.308 e. The van der Waals surface area contributed by atoms with Crippen LogP contribution in [0.2, 0.25) is 0 Å². The Labute approximate surface area is 156 Å². The molecule has 0 radical (unpaired) electrons. The lowest BCUT2D eigenvalue weighted by atomic mass is 9.93. The Kier molecular flexibility index (Phi) is 4.04. The summed E-state index contributed by atoms with van der Waals surface area (Å²) >= 11 is 0. The monoisotopic (exact) mass is 358 g/mol. The molecule has 27 heavy (non-hydrogen) atoms. The minimum absolute atomic E-state index is 0.239. The van der Waals surface area contributed by atoms with Crippen molar-refractivity contribution in [3.05, 3.63) is 60.2 Å². The molecule has 0 aromatic heterocycles. The average Bonchev–Trinajstić information content (AvgIpc) is 2.62. The molecule has 0 bridgehead atoms. The summed E-state index contributed by atoms with van der Waals surface area (Å²) in [5.74, 6) is -0.426. The van der Waals surface area contributed by atoms with E-state index < -0.39 is 11.9 Å². The van der Waals surface area contributed by atoms with Crippen LogP contribution in [-0.2, 0) is 9.59 Å². The molecule has 0 spiro atoms. The first kappa shape index (κ1) is 17.0. The number of hydrogen-bond donors (Lipinski definition) is 0. The van der Waals surface area contributed by atoms with Gasteiger partial charge in [-0.25, -0.2) is 0 Å². The number of rotatable bonds is 2. The number of hydrogen-bond acceptors (Lipinski definition) is 4. The highest BCUT2D eigenvalue weighted by molar-refractivity contribution is 6.20. The van der Waals surface area contributed by atoms with Crippen LogP contribution in [0.3, 0.4) is 0 Å². The van der Waals surface area contributed by atoms with E-state index in [0.29, 0.717) is 0 Å². The van der Waals surface area contributed by atoms with E-state index in [4.69, 9.17) is 9.47 Å². The van der Waals surface area contributed by atoms with Crippen LogP contribution >= 0.6 is 0 Å². The second kappa shape index (κ2) is 6.40. The average molecular weight is 358 g/mol. The van der Waals surface area contributed by atoms with E-state index in [2.05, 4.69) is 25.1 Å². The van der Waals surface area contributed by atoms with E-state index in [9.17, 15) is 9.59 Å². The maximum Gasteiger partial charge on any atom is 0.308 e. The van der Waals surface area contributed by atoms with Gasteiger partial charge in [-0.2, -0.15) is 0 Å². The van der Waals surface area contributed by atoms with Gasteiger partial charge in [-0.05, 0) is 57.6 Å². The maximum atomic E-state index is 11.6. The Bertz CT molecular complexity index is 1240. The number of aryl methyl sites for hydroxylation is 1. The van der Waals surface area contributed by atoms with E-state index in [-0.39, 0.29) is 11.5 Å². The molecule has 4 rings (SSSR count). The third-order valence-corrected chi connectivity index (χ3v) is 4.63. The number of fused-ring (bicyclic) bond motifs is 5.